The van der Waals surface area contributed by atoms with Crippen molar-refractivity contribution in [1.29, 1.82) is 0 Å². The molecule has 0 saturated carbocycles. The summed E-state index contributed by atoms with van der Waals surface area (Å²) >= 11 is 3.36. The van der Waals surface area contributed by atoms with Crippen molar-refractivity contribution in [3.8, 4) is 22.3 Å². The molecule has 0 aliphatic heterocycles. The van der Waals surface area contributed by atoms with E-state index in [2.05, 4.69) is 35.9 Å². The molecule has 12 N–H and O–H groups in total. The molecule has 2 heterocycles. The van der Waals surface area contributed by atoms with Crippen LogP contribution in [0.2, 0.25) is 0 Å². The van der Waals surface area contributed by atoms with Gasteiger partial charge in [0, 0.05) is 27.8 Å². The van der Waals surface area contributed by atoms with Gasteiger partial charge in [-0.15, -0.1) is 0 Å². The highest BCUT2D eigenvalue weighted by Crippen LogP contribution is 2.31. The summed E-state index contributed by atoms with van der Waals surface area (Å²) in [5.41, 5.74) is 41.8. The number of ether oxygens (including phenoxy) is 1. The van der Waals surface area contributed by atoms with Crippen LogP contribution in [0, 0.1) is 0 Å². The van der Waals surface area contributed by atoms with Crippen molar-refractivity contribution in [2.75, 3.05) is 34.4 Å². The summed E-state index contributed by atoms with van der Waals surface area (Å²) in [5.74, 6) is 1.00. The maximum Gasteiger partial charge on any atom is 0.222 e. The molecule has 2 aromatic heterocycles. The normalized spacial score (nSPS) is 10.6. The molecule has 11 nitrogen and oxygen atoms in total. The molecule has 0 atom stereocenters. The Morgan fingerprint density at radius 1 is 0.537 bits per heavy atom. The molecule has 0 aliphatic carbocycles. The third-order valence-corrected chi connectivity index (χ3v) is 6.47. The Balaban J connectivity index is 0.000000201. The van der Waals surface area contributed by atoms with Gasteiger partial charge in [-0.1, -0.05) is 70.5 Å². The second kappa shape index (κ2) is 13.4. The van der Waals surface area contributed by atoms with Crippen molar-refractivity contribution >= 4 is 50.8 Å². The molecule has 41 heavy (non-hydrogen) atoms. The molecular weight excluding hydrogens is 584 g/mol. The van der Waals surface area contributed by atoms with Crippen LogP contribution in [0.1, 0.15) is 17.0 Å². The summed E-state index contributed by atoms with van der Waals surface area (Å²) < 4.78 is 5.78. The number of rotatable bonds is 7. The van der Waals surface area contributed by atoms with Gasteiger partial charge in [0.25, 0.3) is 0 Å². The van der Waals surface area contributed by atoms with Gasteiger partial charge in [0.2, 0.25) is 11.9 Å². The van der Waals surface area contributed by atoms with Gasteiger partial charge in [-0.3, -0.25) is 0 Å². The van der Waals surface area contributed by atoms with Gasteiger partial charge in [0.1, 0.15) is 11.6 Å². The lowest BCUT2D eigenvalue weighted by atomic mass is 10.0. The number of anilines is 6. The van der Waals surface area contributed by atoms with Crippen molar-refractivity contribution in [3.05, 3.63) is 95.8 Å². The molecule has 210 valence electrons. The van der Waals surface area contributed by atoms with Crippen molar-refractivity contribution in [1.82, 2.24) is 19.9 Å². The van der Waals surface area contributed by atoms with E-state index in [0.29, 0.717) is 40.6 Å². The van der Waals surface area contributed by atoms with Crippen molar-refractivity contribution in [2.45, 2.75) is 18.5 Å². The molecule has 3 aromatic carbocycles. The number of hydrogen-bond donors (Lipinski definition) is 6. The first kappa shape index (κ1) is 29.1. The van der Waals surface area contributed by atoms with Crippen LogP contribution < -0.4 is 34.4 Å². The molecule has 0 saturated heterocycles. The molecule has 5 rings (SSSR count). The highest BCUT2D eigenvalue weighted by atomic mass is 79.9. The maximum atomic E-state index is 6.06. The molecule has 0 bridgehead atoms. The van der Waals surface area contributed by atoms with E-state index in [0.717, 1.165) is 33.5 Å². The van der Waals surface area contributed by atoms with Gasteiger partial charge < -0.3 is 39.1 Å². The number of nitrogens with two attached hydrogens (primary N) is 6. The number of alkyl halides is 1. The van der Waals surface area contributed by atoms with Gasteiger partial charge >= 0.3 is 0 Å². The topological polar surface area (TPSA) is 217 Å². The van der Waals surface area contributed by atoms with Crippen LogP contribution in [0.25, 0.3) is 22.3 Å². The maximum absolute atomic E-state index is 6.06. The first-order valence-electron chi connectivity index (χ1n) is 12.5. The lowest BCUT2D eigenvalue weighted by Crippen LogP contribution is -2.08. The number of halogens is 1. The SMILES string of the molecule is Nc1ccc(-c2c(N)nc(N)nc2CBr)cc1.Nc1ccc(-c2c(N)nc(N)nc2COCc2ccccc2)cc1. The van der Waals surface area contributed by atoms with Crippen LogP contribution in [-0.2, 0) is 23.3 Å². The van der Waals surface area contributed by atoms with Crippen molar-refractivity contribution < 1.29 is 4.74 Å². The summed E-state index contributed by atoms with van der Waals surface area (Å²) in [6, 6.07) is 24.7. The first-order chi connectivity index (χ1) is 19.7. The summed E-state index contributed by atoms with van der Waals surface area (Å²) in [7, 11) is 0. The average Bonchev–Trinajstić information content (AvgIpc) is 2.95. The standard InChI is InChI=1S/C18H19N5O.C11H12BrN5/c19-14-8-6-13(7-9-14)16-15(22-18(21)23-17(16)20)11-24-10-12-4-2-1-3-5-12;12-5-8-9(10(14)17-11(15)16-8)6-1-3-7(13)4-2-6/h1-9H,10-11,19H2,(H4,20,21,22,23);1-4H,5,13H2,(H4,14,15,16,17). The van der Waals surface area contributed by atoms with E-state index >= 15 is 0 Å². The van der Waals surface area contributed by atoms with Gasteiger partial charge in [0.15, 0.2) is 0 Å². The Kier molecular flexibility index (Phi) is 9.51. The van der Waals surface area contributed by atoms with Crippen LogP contribution in [-0.4, -0.2) is 19.9 Å². The lowest BCUT2D eigenvalue weighted by Gasteiger charge is -2.13. The molecule has 0 aliphatic rings. The minimum atomic E-state index is 0.130. The Hall–Kier alpha value is -4.94. The molecule has 12 heteroatoms. The number of aromatic nitrogens is 4. The summed E-state index contributed by atoms with van der Waals surface area (Å²) in [6.45, 7) is 0.761. The smallest absolute Gasteiger partial charge is 0.222 e. The molecule has 0 spiro atoms. The molecular formula is C29H31BrN10O. The zero-order valence-electron chi connectivity index (χ0n) is 22.2. The van der Waals surface area contributed by atoms with E-state index in [-0.39, 0.29) is 18.5 Å². The predicted octanol–water partition coefficient (Wildman–Crippen LogP) is 4.39. The van der Waals surface area contributed by atoms with Crippen molar-refractivity contribution in [2.24, 2.45) is 0 Å². The molecule has 0 radical (unpaired) electrons. The van der Waals surface area contributed by atoms with Gasteiger partial charge in [-0.2, -0.15) is 9.97 Å². The van der Waals surface area contributed by atoms with Crippen LogP contribution >= 0.6 is 15.9 Å². The van der Waals surface area contributed by atoms with Crippen molar-refractivity contribution in [3.63, 3.8) is 0 Å². The minimum Gasteiger partial charge on any atom is -0.399 e. The quantitative estimate of drug-likeness (QED) is 0.111. The van der Waals surface area contributed by atoms with E-state index < -0.39 is 0 Å². The Morgan fingerprint density at radius 3 is 1.49 bits per heavy atom. The number of benzene rings is 3. The molecule has 5 aromatic rings. The number of nitrogen functional groups attached to an aromatic ring is 6. The van der Waals surface area contributed by atoms with E-state index in [9.17, 15) is 0 Å². The highest BCUT2D eigenvalue weighted by Gasteiger charge is 2.14. The fraction of sp³-hybridized carbons (Fsp3) is 0.103. The van der Waals surface area contributed by atoms with Crippen LogP contribution in [0.4, 0.5) is 34.9 Å². The fourth-order valence-electron chi connectivity index (χ4n) is 4.06. The Morgan fingerprint density at radius 2 is 1.00 bits per heavy atom. The zero-order chi connectivity index (χ0) is 29.4. The second-order valence-electron chi connectivity index (χ2n) is 8.93. The summed E-state index contributed by atoms with van der Waals surface area (Å²) in [5, 5.41) is 0.559. The Labute approximate surface area is 246 Å². The van der Waals surface area contributed by atoms with E-state index in [1.165, 1.54) is 0 Å². The van der Waals surface area contributed by atoms with Gasteiger partial charge in [-0.05, 0) is 41.0 Å². The largest absolute Gasteiger partial charge is 0.399 e. The Bertz CT molecular complexity index is 1600. The van der Waals surface area contributed by atoms with Crippen LogP contribution in [0.3, 0.4) is 0 Å². The zero-order valence-corrected chi connectivity index (χ0v) is 23.8. The number of hydrogen-bond acceptors (Lipinski definition) is 11. The fourth-order valence-corrected chi connectivity index (χ4v) is 4.47. The minimum absolute atomic E-state index is 0.130. The van der Waals surface area contributed by atoms with Gasteiger partial charge in [-0.25, -0.2) is 9.97 Å². The van der Waals surface area contributed by atoms with E-state index in [4.69, 9.17) is 39.1 Å². The van der Waals surface area contributed by atoms with Crippen LogP contribution in [0.5, 0.6) is 0 Å². The van der Waals surface area contributed by atoms with E-state index in [1.807, 2.05) is 66.7 Å². The monoisotopic (exact) mass is 614 g/mol. The number of nitrogens with zero attached hydrogens (tertiary/aromatic N) is 4. The van der Waals surface area contributed by atoms with E-state index in [1.54, 1.807) is 12.1 Å². The van der Waals surface area contributed by atoms with Crippen LogP contribution in [0.15, 0.2) is 78.9 Å². The predicted molar refractivity (Wildman–Crippen MR) is 169 cm³/mol. The molecule has 0 amide bonds. The lowest BCUT2D eigenvalue weighted by molar-refractivity contribution is 0.105. The molecule has 0 fully saturated rings. The first-order valence-corrected chi connectivity index (χ1v) is 13.6. The third-order valence-electron chi connectivity index (χ3n) is 5.93. The average molecular weight is 616 g/mol. The van der Waals surface area contributed by atoms with Gasteiger partial charge in [0.05, 0.1) is 24.6 Å². The third kappa shape index (κ3) is 7.59. The second-order valence-corrected chi connectivity index (χ2v) is 9.49. The molecule has 0 unspecified atom stereocenters. The summed E-state index contributed by atoms with van der Waals surface area (Å²) in [6.07, 6.45) is 0. The highest BCUT2D eigenvalue weighted by molar-refractivity contribution is 9.08. The summed E-state index contributed by atoms with van der Waals surface area (Å²) in [4.78, 5) is 16.5.